The molecule has 1 N–H and O–H groups in total. The summed E-state index contributed by atoms with van der Waals surface area (Å²) in [6.45, 7) is 2.27. The molecule has 7 heteroatoms. The molecule has 0 spiro atoms. The number of nitro benzene ring substituents is 1. The number of aromatic hydroxyl groups is 1. The van der Waals surface area contributed by atoms with Gasteiger partial charge < -0.3 is 9.41 Å². The second-order valence-electron chi connectivity index (χ2n) is 5.93. The third-order valence-corrected chi connectivity index (χ3v) is 5.18. The molecule has 0 fully saturated rings. The minimum Gasteiger partial charge on any atom is -0.503 e. The molecule has 0 heterocycles. The normalized spacial score (nSPS) is 10.6. The fraction of sp³-hybridized carbons (Fsp3) is 0.100. The van der Waals surface area contributed by atoms with Gasteiger partial charge in [-0.2, -0.15) is 0 Å². The molecule has 0 bridgehead atoms. The summed E-state index contributed by atoms with van der Waals surface area (Å²) in [7, 11) is 0. The van der Waals surface area contributed by atoms with Gasteiger partial charge in [-0.3, -0.25) is 10.1 Å². The van der Waals surface area contributed by atoms with Gasteiger partial charge in [-0.05, 0) is 36.1 Å². The zero-order valence-corrected chi connectivity index (χ0v) is 15.3. The topological polar surface area (TPSA) is 66.6 Å². The highest BCUT2D eigenvalue weighted by atomic mass is 32.2. The zero-order chi connectivity index (χ0) is 19.4. The van der Waals surface area contributed by atoms with Gasteiger partial charge in [-0.15, -0.1) is 0 Å². The average Bonchev–Trinajstić information content (AvgIpc) is 2.66. The summed E-state index contributed by atoms with van der Waals surface area (Å²) >= 11 is 1.29. The van der Waals surface area contributed by atoms with E-state index in [0.29, 0.717) is 6.54 Å². The molecule has 5 nitrogen and oxygen atoms in total. The van der Waals surface area contributed by atoms with E-state index < -0.39 is 22.2 Å². The van der Waals surface area contributed by atoms with Crippen molar-refractivity contribution < 1.29 is 14.4 Å². The van der Waals surface area contributed by atoms with Crippen molar-refractivity contribution in [3.63, 3.8) is 0 Å². The molecular weight excluding hydrogens is 367 g/mol. The van der Waals surface area contributed by atoms with E-state index >= 15 is 0 Å². The summed E-state index contributed by atoms with van der Waals surface area (Å²) in [5.74, 6) is -1.64. The summed E-state index contributed by atoms with van der Waals surface area (Å²) in [6, 6.07) is 19.0. The number of rotatable bonds is 6. The Morgan fingerprint density at radius 3 is 2.44 bits per heavy atom. The number of nitro groups is 1. The van der Waals surface area contributed by atoms with Crippen LogP contribution in [0.25, 0.3) is 0 Å². The van der Waals surface area contributed by atoms with E-state index in [4.69, 9.17) is 0 Å². The van der Waals surface area contributed by atoms with Gasteiger partial charge in [-0.25, -0.2) is 4.39 Å². The van der Waals surface area contributed by atoms with Gasteiger partial charge in [-0.1, -0.05) is 48.5 Å². The molecule has 3 rings (SSSR count). The molecule has 0 aliphatic rings. The van der Waals surface area contributed by atoms with Crippen molar-refractivity contribution in [2.75, 3.05) is 4.31 Å². The van der Waals surface area contributed by atoms with Gasteiger partial charge in [0.25, 0.3) is 5.69 Å². The highest BCUT2D eigenvalue weighted by Crippen LogP contribution is 2.41. The van der Waals surface area contributed by atoms with E-state index in [9.17, 15) is 19.6 Å². The summed E-state index contributed by atoms with van der Waals surface area (Å²) < 4.78 is 15.8. The van der Waals surface area contributed by atoms with Gasteiger partial charge in [0.15, 0.2) is 11.6 Å². The fourth-order valence-corrected chi connectivity index (χ4v) is 3.60. The smallest absolute Gasteiger partial charge is 0.274 e. The number of aryl methyl sites for hydroxylation is 1. The number of halogens is 1. The third kappa shape index (κ3) is 4.38. The molecule has 0 aliphatic carbocycles. The van der Waals surface area contributed by atoms with Crippen LogP contribution >= 0.6 is 11.9 Å². The number of phenolic OH excluding ortho intramolecular Hbond substituents is 1. The lowest BCUT2D eigenvalue weighted by atomic mass is 10.2. The van der Waals surface area contributed by atoms with Crippen LogP contribution in [0.1, 0.15) is 11.1 Å². The summed E-state index contributed by atoms with van der Waals surface area (Å²) in [5, 5.41) is 21.4. The number of hydrogen-bond donors (Lipinski definition) is 1. The van der Waals surface area contributed by atoms with Crippen LogP contribution < -0.4 is 4.31 Å². The first-order chi connectivity index (χ1) is 13.0. The van der Waals surface area contributed by atoms with Crippen molar-refractivity contribution in [3.05, 3.63) is 93.8 Å². The SMILES string of the molecule is Cc1ccccc1SN(Cc1ccccc1)c1cc([N+](=O)[O-])cc(F)c1O. The Bertz CT molecular complexity index is 967. The predicted octanol–water partition coefficient (Wildman–Crippen LogP) is 5.46. The summed E-state index contributed by atoms with van der Waals surface area (Å²) in [5.41, 5.74) is 1.57. The molecule has 0 atom stereocenters. The minimum absolute atomic E-state index is 0.0545. The molecule has 138 valence electrons. The molecule has 0 saturated carbocycles. The summed E-state index contributed by atoms with van der Waals surface area (Å²) in [4.78, 5) is 11.4. The van der Waals surface area contributed by atoms with Crippen LogP contribution in [0, 0.1) is 22.9 Å². The van der Waals surface area contributed by atoms with E-state index in [1.54, 1.807) is 4.31 Å². The maximum Gasteiger partial charge on any atom is 0.274 e. The Morgan fingerprint density at radius 1 is 1.11 bits per heavy atom. The molecule has 3 aromatic carbocycles. The first-order valence-electron chi connectivity index (χ1n) is 8.17. The minimum atomic E-state index is -1.03. The van der Waals surface area contributed by atoms with Gasteiger partial charge in [0, 0.05) is 11.0 Å². The lowest BCUT2D eigenvalue weighted by Crippen LogP contribution is -2.15. The first-order valence-corrected chi connectivity index (χ1v) is 8.95. The number of phenols is 1. The Kier molecular flexibility index (Phi) is 5.61. The maximum absolute atomic E-state index is 14.1. The Labute approximate surface area is 160 Å². The lowest BCUT2D eigenvalue weighted by Gasteiger charge is -2.25. The number of non-ortho nitro benzene ring substituents is 1. The van der Waals surface area contributed by atoms with Crippen molar-refractivity contribution in [2.45, 2.75) is 18.4 Å². The van der Waals surface area contributed by atoms with Crippen LogP contribution in [0.4, 0.5) is 15.8 Å². The van der Waals surface area contributed by atoms with Crippen molar-refractivity contribution in [1.82, 2.24) is 0 Å². The summed E-state index contributed by atoms with van der Waals surface area (Å²) in [6.07, 6.45) is 0. The number of anilines is 1. The largest absolute Gasteiger partial charge is 0.503 e. The predicted molar refractivity (Wildman–Crippen MR) is 104 cm³/mol. The first kappa shape index (κ1) is 18.7. The fourth-order valence-electron chi connectivity index (χ4n) is 2.56. The molecule has 0 unspecified atom stereocenters. The Balaban J connectivity index is 2.06. The molecule has 0 aliphatic heterocycles. The van der Waals surface area contributed by atoms with Gasteiger partial charge in [0.2, 0.25) is 0 Å². The molecule has 27 heavy (non-hydrogen) atoms. The van der Waals surface area contributed by atoms with Crippen LogP contribution in [0.2, 0.25) is 0 Å². The highest BCUT2D eigenvalue weighted by molar-refractivity contribution is 8.00. The van der Waals surface area contributed by atoms with E-state index in [2.05, 4.69) is 0 Å². The second kappa shape index (κ2) is 8.09. The van der Waals surface area contributed by atoms with E-state index in [-0.39, 0.29) is 5.69 Å². The molecule has 0 amide bonds. The monoisotopic (exact) mass is 384 g/mol. The van der Waals surface area contributed by atoms with E-state index in [1.807, 2.05) is 61.5 Å². The number of hydrogen-bond acceptors (Lipinski definition) is 5. The molecular formula is C20H17FN2O3S. The van der Waals surface area contributed by atoms with E-state index in [1.165, 1.54) is 18.0 Å². The van der Waals surface area contributed by atoms with Gasteiger partial charge >= 0.3 is 0 Å². The van der Waals surface area contributed by atoms with Gasteiger partial charge in [0.1, 0.15) is 0 Å². The lowest BCUT2D eigenvalue weighted by molar-refractivity contribution is -0.385. The van der Waals surface area contributed by atoms with Crippen molar-refractivity contribution in [2.24, 2.45) is 0 Å². The van der Waals surface area contributed by atoms with Crippen LogP contribution in [0.3, 0.4) is 0 Å². The molecule has 3 aromatic rings. The molecule has 0 aromatic heterocycles. The highest BCUT2D eigenvalue weighted by Gasteiger charge is 2.22. The molecule has 0 saturated heterocycles. The van der Waals surface area contributed by atoms with Crippen molar-refractivity contribution in [1.29, 1.82) is 0 Å². The molecule has 0 radical (unpaired) electrons. The van der Waals surface area contributed by atoms with Crippen LogP contribution in [0.15, 0.2) is 71.6 Å². The zero-order valence-electron chi connectivity index (χ0n) is 14.5. The quantitative estimate of drug-likeness (QED) is 0.347. The standard InChI is InChI=1S/C20H17FN2O3S/c1-14-7-5-6-10-19(14)27-22(13-15-8-3-2-4-9-15)18-12-16(23(25)26)11-17(21)20(18)24/h2-12,24H,13H2,1H3. The van der Waals surface area contributed by atoms with Crippen LogP contribution in [-0.4, -0.2) is 10.0 Å². The van der Waals surface area contributed by atoms with Crippen molar-refractivity contribution in [3.8, 4) is 5.75 Å². The Morgan fingerprint density at radius 2 is 1.78 bits per heavy atom. The number of benzene rings is 3. The van der Waals surface area contributed by atoms with Gasteiger partial charge in [0.05, 0.1) is 23.2 Å². The van der Waals surface area contributed by atoms with Crippen LogP contribution in [-0.2, 0) is 6.54 Å². The third-order valence-electron chi connectivity index (χ3n) is 3.98. The van der Waals surface area contributed by atoms with Crippen LogP contribution in [0.5, 0.6) is 5.75 Å². The second-order valence-corrected chi connectivity index (χ2v) is 6.99. The maximum atomic E-state index is 14.1. The number of nitrogens with zero attached hydrogens (tertiary/aromatic N) is 2. The van der Waals surface area contributed by atoms with Crippen molar-refractivity contribution >= 4 is 23.3 Å². The Hall–Kier alpha value is -3.06. The van der Waals surface area contributed by atoms with E-state index in [0.717, 1.165) is 22.1 Å². The average molecular weight is 384 g/mol.